The minimum absolute atomic E-state index is 0.287. The summed E-state index contributed by atoms with van der Waals surface area (Å²) in [7, 11) is 2.07. The van der Waals surface area contributed by atoms with Crippen molar-refractivity contribution in [3.8, 4) is 0 Å². The zero-order valence-electron chi connectivity index (χ0n) is 12.4. The van der Waals surface area contributed by atoms with E-state index in [9.17, 15) is 5.11 Å². The van der Waals surface area contributed by atoms with Crippen molar-refractivity contribution in [3.63, 3.8) is 0 Å². The fraction of sp³-hybridized carbons (Fsp3) is 1.00. The Morgan fingerprint density at radius 3 is 2.28 bits per heavy atom. The smallest absolute Gasteiger partial charge is 0.0558 e. The quantitative estimate of drug-likeness (QED) is 0.654. The van der Waals surface area contributed by atoms with Crippen molar-refractivity contribution in [1.82, 2.24) is 10.2 Å². The van der Waals surface area contributed by atoms with E-state index >= 15 is 0 Å². The number of rotatable bonds is 8. The maximum absolute atomic E-state index is 9.20. The first-order chi connectivity index (χ1) is 8.76. The largest absolute Gasteiger partial charge is 0.395 e. The predicted molar refractivity (Wildman–Crippen MR) is 77.9 cm³/mol. The molecular formula is C15H32N2O. The Labute approximate surface area is 113 Å². The van der Waals surface area contributed by atoms with Gasteiger partial charge in [0.15, 0.2) is 0 Å². The molecule has 0 amide bonds. The molecule has 1 rings (SSSR count). The lowest BCUT2D eigenvalue weighted by Crippen LogP contribution is -2.44. The summed E-state index contributed by atoms with van der Waals surface area (Å²) >= 11 is 0. The summed E-state index contributed by atoms with van der Waals surface area (Å²) < 4.78 is 0. The molecule has 0 aliphatic heterocycles. The molecule has 0 saturated heterocycles. The van der Waals surface area contributed by atoms with Gasteiger partial charge < -0.3 is 15.3 Å². The zero-order valence-corrected chi connectivity index (χ0v) is 12.4. The van der Waals surface area contributed by atoms with Gasteiger partial charge in [-0.25, -0.2) is 0 Å². The summed E-state index contributed by atoms with van der Waals surface area (Å²) in [6, 6.07) is 0. The van der Waals surface area contributed by atoms with E-state index in [0.717, 1.165) is 26.2 Å². The molecule has 0 aromatic rings. The second-order valence-electron chi connectivity index (χ2n) is 5.94. The third-order valence-corrected chi connectivity index (χ3v) is 4.23. The van der Waals surface area contributed by atoms with Crippen LogP contribution in [0.5, 0.6) is 0 Å². The van der Waals surface area contributed by atoms with Gasteiger partial charge in [0.1, 0.15) is 0 Å². The summed E-state index contributed by atoms with van der Waals surface area (Å²) in [5.74, 6) is 0. The Morgan fingerprint density at radius 2 is 1.78 bits per heavy atom. The van der Waals surface area contributed by atoms with E-state index in [1.165, 1.54) is 44.9 Å². The molecule has 1 saturated carbocycles. The third kappa shape index (κ3) is 5.25. The van der Waals surface area contributed by atoms with Crippen molar-refractivity contribution in [3.05, 3.63) is 0 Å². The van der Waals surface area contributed by atoms with E-state index in [-0.39, 0.29) is 6.61 Å². The van der Waals surface area contributed by atoms with Gasteiger partial charge in [-0.15, -0.1) is 0 Å². The molecule has 1 aliphatic rings. The standard InChI is InChI=1S/C15H32N2O/c1-3-10-17(11-12-18)14-15(13-16-2)8-6-4-5-7-9-15/h16,18H,3-14H2,1-2H3. The first kappa shape index (κ1) is 15.9. The van der Waals surface area contributed by atoms with E-state index in [2.05, 4.69) is 24.2 Å². The normalized spacial score (nSPS) is 20.0. The SMILES string of the molecule is CCCN(CCO)CC1(CNC)CCCCCC1. The lowest BCUT2D eigenvalue weighted by atomic mass is 9.79. The van der Waals surface area contributed by atoms with Crippen LogP contribution in [0.1, 0.15) is 51.9 Å². The summed E-state index contributed by atoms with van der Waals surface area (Å²) in [6.07, 6.45) is 9.43. The molecule has 0 aromatic carbocycles. The summed E-state index contributed by atoms with van der Waals surface area (Å²) in [6.45, 7) is 6.74. The van der Waals surface area contributed by atoms with Crippen molar-refractivity contribution in [2.24, 2.45) is 5.41 Å². The van der Waals surface area contributed by atoms with E-state index in [1.807, 2.05) is 0 Å². The molecule has 0 aromatic heterocycles. The van der Waals surface area contributed by atoms with Crippen LogP contribution in [0.3, 0.4) is 0 Å². The highest BCUT2D eigenvalue weighted by Crippen LogP contribution is 2.35. The Balaban J connectivity index is 2.62. The third-order valence-electron chi connectivity index (χ3n) is 4.23. The van der Waals surface area contributed by atoms with E-state index in [1.54, 1.807) is 0 Å². The highest BCUT2D eigenvalue weighted by Gasteiger charge is 2.31. The van der Waals surface area contributed by atoms with E-state index in [0.29, 0.717) is 5.41 Å². The van der Waals surface area contributed by atoms with Crippen LogP contribution in [0, 0.1) is 5.41 Å². The number of hydrogen-bond donors (Lipinski definition) is 2. The molecule has 1 fully saturated rings. The molecule has 0 bridgehead atoms. The topological polar surface area (TPSA) is 35.5 Å². The van der Waals surface area contributed by atoms with Gasteiger partial charge in [0.2, 0.25) is 0 Å². The molecule has 0 unspecified atom stereocenters. The van der Waals surface area contributed by atoms with Crippen LogP contribution in [0.25, 0.3) is 0 Å². The van der Waals surface area contributed by atoms with Gasteiger partial charge in [-0.1, -0.05) is 32.6 Å². The summed E-state index contributed by atoms with van der Waals surface area (Å²) in [5, 5.41) is 12.6. The van der Waals surface area contributed by atoms with Crippen LogP contribution >= 0.6 is 0 Å². The van der Waals surface area contributed by atoms with Crippen molar-refractivity contribution in [2.45, 2.75) is 51.9 Å². The molecule has 1 aliphatic carbocycles. The molecule has 0 atom stereocenters. The number of nitrogens with one attached hydrogen (secondary N) is 1. The molecule has 0 radical (unpaired) electrons. The van der Waals surface area contributed by atoms with Crippen molar-refractivity contribution >= 4 is 0 Å². The lowest BCUT2D eigenvalue weighted by molar-refractivity contribution is 0.109. The van der Waals surface area contributed by atoms with E-state index < -0.39 is 0 Å². The van der Waals surface area contributed by atoms with Crippen LogP contribution in [0.15, 0.2) is 0 Å². The maximum atomic E-state index is 9.20. The summed E-state index contributed by atoms with van der Waals surface area (Å²) in [5.41, 5.74) is 0.440. The van der Waals surface area contributed by atoms with Crippen molar-refractivity contribution < 1.29 is 5.11 Å². The minimum atomic E-state index is 0.287. The Bertz CT molecular complexity index is 195. The van der Waals surface area contributed by atoms with E-state index in [4.69, 9.17) is 0 Å². The molecule has 0 heterocycles. The minimum Gasteiger partial charge on any atom is -0.395 e. The first-order valence-electron chi connectivity index (χ1n) is 7.74. The molecule has 108 valence electrons. The van der Waals surface area contributed by atoms with Gasteiger partial charge >= 0.3 is 0 Å². The molecule has 3 heteroatoms. The molecule has 2 N–H and O–H groups in total. The highest BCUT2D eigenvalue weighted by molar-refractivity contribution is 4.86. The number of aliphatic hydroxyl groups excluding tert-OH is 1. The second kappa shape index (κ2) is 8.89. The molecular weight excluding hydrogens is 224 g/mol. The zero-order chi connectivity index (χ0) is 13.3. The monoisotopic (exact) mass is 256 g/mol. The first-order valence-corrected chi connectivity index (χ1v) is 7.74. The van der Waals surface area contributed by atoms with Crippen molar-refractivity contribution in [1.29, 1.82) is 0 Å². The van der Waals surface area contributed by atoms with Crippen LogP contribution < -0.4 is 5.32 Å². The van der Waals surface area contributed by atoms with Crippen LogP contribution in [0.2, 0.25) is 0 Å². The van der Waals surface area contributed by atoms with Crippen LogP contribution in [-0.4, -0.2) is 49.8 Å². The fourth-order valence-electron chi connectivity index (χ4n) is 3.45. The number of nitrogens with zero attached hydrogens (tertiary/aromatic N) is 1. The Hall–Kier alpha value is -0.120. The highest BCUT2D eigenvalue weighted by atomic mass is 16.3. The number of hydrogen-bond acceptors (Lipinski definition) is 3. The second-order valence-corrected chi connectivity index (χ2v) is 5.94. The molecule has 3 nitrogen and oxygen atoms in total. The molecule has 0 spiro atoms. The van der Waals surface area contributed by atoms with Gasteiger partial charge in [0.25, 0.3) is 0 Å². The maximum Gasteiger partial charge on any atom is 0.0558 e. The average molecular weight is 256 g/mol. The predicted octanol–water partition coefficient (Wildman–Crippen LogP) is 2.25. The Morgan fingerprint density at radius 1 is 1.11 bits per heavy atom. The van der Waals surface area contributed by atoms with Crippen molar-refractivity contribution in [2.75, 3.05) is 39.8 Å². The van der Waals surface area contributed by atoms with Gasteiger partial charge in [0, 0.05) is 19.6 Å². The van der Waals surface area contributed by atoms with Crippen LogP contribution in [0.4, 0.5) is 0 Å². The van der Waals surface area contributed by atoms with Gasteiger partial charge in [0.05, 0.1) is 6.61 Å². The van der Waals surface area contributed by atoms with Gasteiger partial charge in [-0.05, 0) is 38.3 Å². The number of aliphatic hydroxyl groups is 1. The summed E-state index contributed by atoms with van der Waals surface area (Å²) in [4.78, 5) is 2.46. The van der Waals surface area contributed by atoms with Gasteiger partial charge in [-0.3, -0.25) is 0 Å². The lowest BCUT2D eigenvalue weighted by Gasteiger charge is -2.38. The fourth-order valence-corrected chi connectivity index (χ4v) is 3.45. The average Bonchev–Trinajstić information content (AvgIpc) is 2.56. The van der Waals surface area contributed by atoms with Gasteiger partial charge in [-0.2, -0.15) is 0 Å². The Kier molecular flexibility index (Phi) is 7.87. The van der Waals surface area contributed by atoms with Crippen LogP contribution in [-0.2, 0) is 0 Å². The molecule has 18 heavy (non-hydrogen) atoms.